The van der Waals surface area contributed by atoms with Gasteiger partial charge in [-0.25, -0.2) is 0 Å². The number of hydrogen-bond donors (Lipinski definition) is 0. The molecule has 0 N–H and O–H groups in total. The molecule has 1 aliphatic carbocycles. The highest BCUT2D eigenvalue weighted by Crippen LogP contribution is 2.41. The molecule has 1 heteroatoms. The fraction of sp³-hybridized carbons (Fsp3) is 0.375. The Morgan fingerprint density at radius 1 is 1.00 bits per heavy atom. The summed E-state index contributed by atoms with van der Waals surface area (Å²) in [5.41, 5.74) is 3.82. The van der Waals surface area contributed by atoms with E-state index in [1.165, 1.54) is 6.04 Å². The fourth-order valence-electron chi connectivity index (χ4n) is 3.21. The molecule has 1 aromatic carbocycles. The van der Waals surface area contributed by atoms with E-state index in [-0.39, 0.29) is 0 Å². The van der Waals surface area contributed by atoms with Gasteiger partial charge in [0, 0.05) is 5.54 Å². The first-order valence-electron chi connectivity index (χ1n) is 6.50. The van der Waals surface area contributed by atoms with Crippen LogP contribution in [0.2, 0.25) is 18.1 Å². The minimum atomic E-state index is -1.43. The summed E-state index contributed by atoms with van der Waals surface area (Å²) in [6.45, 7) is 9.48. The summed E-state index contributed by atoms with van der Waals surface area (Å²) < 4.78 is 0. The molecule has 0 nitrogen and oxygen atoms in total. The highest BCUT2D eigenvalue weighted by molar-refractivity contribution is 6.93. The third-order valence-electron chi connectivity index (χ3n) is 4.32. The molecule has 1 atom stereocenters. The van der Waals surface area contributed by atoms with E-state index in [0.29, 0.717) is 5.54 Å². The smallest absolute Gasteiger partial charge is 0.0685 e. The van der Waals surface area contributed by atoms with Gasteiger partial charge < -0.3 is 0 Å². The first kappa shape index (κ1) is 12.4. The molecule has 0 saturated carbocycles. The lowest BCUT2D eigenvalue weighted by Gasteiger charge is -2.35. The maximum Gasteiger partial charge on any atom is 0.0945 e. The summed E-state index contributed by atoms with van der Waals surface area (Å²) in [7, 11) is -1.43. The van der Waals surface area contributed by atoms with E-state index in [0.717, 1.165) is 0 Å². The quantitative estimate of drug-likeness (QED) is 0.694. The molecule has 0 spiro atoms. The van der Waals surface area contributed by atoms with Gasteiger partial charge in [0.05, 0.1) is 8.07 Å². The Kier molecular flexibility index (Phi) is 3.39. The summed E-state index contributed by atoms with van der Waals surface area (Å²) in [5.74, 6) is 0. The van der Waals surface area contributed by atoms with Gasteiger partial charge in [0.1, 0.15) is 0 Å². The highest BCUT2D eigenvalue weighted by Gasteiger charge is 2.39. The Bertz CT molecular complexity index is 438. The van der Waals surface area contributed by atoms with Crippen molar-refractivity contribution in [2.24, 2.45) is 0 Å². The van der Waals surface area contributed by atoms with Gasteiger partial charge in [-0.15, -0.1) is 0 Å². The van der Waals surface area contributed by atoms with Gasteiger partial charge in [-0.05, 0) is 13.8 Å². The van der Waals surface area contributed by atoms with Gasteiger partial charge in [-0.3, -0.25) is 0 Å². The normalized spacial score (nSPS) is 19.8. The Labute approximate surface area is 106 Å². The molecule has 0 saturated heterocycles. The minimum Gasteiger partial charge on any atom is -0.0685 e. The number of allylic oxidation sites excluding steroid dienone is 4. The number of benzene rings is 1. The van der Waals surface area contributed by atoms with Crippen LogP contribution in [0, 0.1) is 0 Å². The van der Waals surface area contributed by atoms with Crippen LogP contribution in [0.25, 0.3) is 0 Å². The minimum absolute atomic E-state index is 0.704. The summed E-state index contributed by atoms with van der Waals surface area (Å²) in [6.07, 6.45) is 4.62. The van der Waals surface area contributed by atoms with Gasteiger partial charge in [0.2, 0.25) is 0 Å². The van der Waals surface area contributed by atoms with Crippen LogP contribution in [0.5, 0.6) is 0 Å². The third-order valence-corrected chi connectivity index (χ3v) is 9.63. The van der Waals surface area contributed by atoms with E-state index in [1.54, 1.807) is 16.3 Å². The van der Waals surface area contributed by atoms with Crippen molar-refractivity contribution in [1.82, 2.24) is 0 Å². The molecule has 90 valence electrons. The number of rotatable bonds is 3. The van der Waals surface area contributed by atoms with E-state index >= 15 is 0 Å². The highest BCUT2D eigenvalue weighted by atomic mass is 28.3. The molecule has 1 aromatic rings. The molecule has 17 heavy (non-hydrogen) atoms. The third kappa shape index (κ3) is 2.04. The molecule has 0 amide bonds. The van der Waals surface area contributed by atoms with E-state index < -0.39 is 8.07 Å². The Balaban J connectivity index is 2.46. The molecule has 0 aliphatic heterocycles. The predicted octanol–water partition coefficient (Wildman–Crippen LogP) is 4.27. The predicted molar refractivity (Wildman–Crippen MR) is 79.4 cm³/mol. The average molecular weight is 242 g/mol. The monoisotopic (exact) mass is 242 g/mol. The van der Waals surface area contributed by atoms with Crippen LogP contribution < -0.4 is 5.19 Å². The number of hydrogen-bond acceptors (Lipinski definition) is 0. The van der Waals surface area contributed by atoms with Crippen LogP contribution in [-0.4, -0.2) is 8.07 Å². The zero-order valence-corrected chi connectivity index (χ0v) is 12.3. The first-order chi connectivity index (χ1) is 8.09. The van der Waals surface area contributed by atoms with Crippen molar-refractivity contribution in [2.45, 2.75) is 38.9 Å². The van der Waals surface area contributed by atoms with Crippen LogP contribution in [0.15, 0.2) is 53.6 Å². The first-order valence-corrected chi connectivity index (χ1v) is 9.28. The second kappa shape index (κ2) is 4.65. The van der Waals surface area contributed by atoms with Crippen LogP contribution >= 0.6 is 0 Å². The molecular formula is C16H22Si. The van der Waals surface area contributed by atoms with Crippen molar-refractivity contribution in [3.8, 4) is 0 Å². The second-order valence-electron chi connectivity index (χ2n) is 5.39. The van der Waals surface area contributed by atoms with Gasteiger partial charge in [-0.1, -0.05) is 78.3 Å². The van der Waals surface area contributed by atoms with Crippen LogP contribution in [0.4, 0.5) is 0 Å². The van der Waals surface area contributed by atoms with Crippen molar-refractivity contribution < 1.29 is 0 Å². The van der Waals surface area contributed by atoms with Crippen molar-refractivity contribution in [2.75, 3.05) is 0 Å². The molecule has 0 fully saturated rings. The second-order valence-corrected chi connectivity index (χ2v) is 10.1. The summed E-state index contributed by atoms with van der Waals surface area (Å²) in [4.78, 5) is 0. The Morgan fingerprint density at radius 3 is 2.00 bits per heavy atom. The summed E-state index contributed by atoms with van der Waals surface area (Å²) in [6, 6.07) is 12.4. The largest absolute Gasteiger partial charge is 0.0945 e. The maximum atomic E-state index is 2.53. The zero-order valence-electron chi connectivity index (χ0n) is 11.3. The van der Waals surface area contributed by atoms with Crippen molar-refractivity contribution in [3.63, 3.8) is 0 Å². The average Bonchev–Trinajstić information content (AvgIpc) is 2.70. The topological polar surface area (TPSA) is 0 Å². The van der Waals surface area contributed by atoms with E-state index in [4.69, 9.17) is 0 Å². The molecule has 0 bridgehead atoms. The van der Waals surface area contributed by atoms with Gasteiger partial charge in [0.15, 0.2) is 0 Å². The van der Waals surface area contributed by atoms with Crippen LogP contribution in [-0.2, 0) is 0 Å². The standard InChI is InChI=1S/C16H22Si/c1-5-17(4,15-9-7-6-8-10-15)16-13(2)11-12-14(16)3/h6-12,16H,5H2,1-4H3. The van der Waals surface area contributed by atoms with Gasteiger partial charge in [0.25, 0.3) is 0 Å². The van der Waals surface area contributed by atoms with Crippen LogP contribution in [0.1, 0.15) is 20.8 Å². The lowest BCUT2D eigenvalue weighted by atomic mass is 10.2. The lowest BCUT2D eigenvalue weighted by Crippen LogP contribution is -2.48. The van der Waals surface area contributed by atoms with E-state index in [1.807, 2.05) is 0 Å². The van der Waals surface area contributed by atoms with Gasteiger partial charge in [-0.2, -0.15) is 0 Å². The Morgan fingerprint density at radius 2 is 1.53 bits per heavy atom. The lowest BCUT2D eigenvalue weighted by molar-refractivity contribution is 1.06. The van der Waals surface area contributed by atoms with Gasteiger partial charge >= 0.3 is 0 Å². The maximum absolute atomic E-state index is 2.53. The summed E-state index contributed by atoms with van der Waals surface area (Å²) >= 11 is 0. The molecule has 0 heterocycles. The zero-order chi connectivity index (χ0) is 12.5. The molecular weight excluding hydrogens is 220 g/mol. The van der Waals surface area contributed by atoms with Crippen LogP contribution in [0.3, 0.4) is 0 Å². The molecule has 0 radical (unpaired) electrons. The molecule has 1 aliphatic rings. The van der Waals surface area contributed by atoms with Crippen molar-refractivity contribution in [1.29, 1.82) is 0 Å². The Hall–Kier alpha value is -1.08. The fourth-order valence-corrected chi connectivity index (χ4v) is 7.52. The molecule has 1 unspecified atom stereocenters. The molecule has 0 aromatic heterocycles. The van der Waals surface area contributed by atoms with Crippen molar-refractivity contribution >= 4 is 13.3 Å². The van der Waals surface area contributed by atoms with E-state index in [9.17, 15) is 0 Å². The molecule has 2 rings (SSSR count). The summed E-state index contributed by atoms with van der Waals surface area (Å²) in [5, 5.41) is 1.59. The van der Waals surface area contributed by atoms with Crippen molar-refractivity contribution in [3.05, 3.63) is 53.6 Å². The SMILES string of the molecule is CC[Si](C)(c1ccccc1)C1C(C)=CC=C1C. The van der Waals surface area contributed by atoms with E-state index in [2.05, 4.69) is 69.8 Å².